The molecule has 0 spiro atoms. The number of carbonyl (C=O) groups is 2. The second-order valence-corrected chi connectivity index (χ2v) is 4.63. The van der Waals surface area contributed by atoms with Gasteiger partial charge in [-0.05, 0) is 13.0 Å². The van der Waals surface area contributed by atoms with E-state index in [4.69, 9.17) is 21.1 Å². The first kappa shape index (κ1) is 17.1. The fraction of sp³-hybridized carbons (Fsp3) is 0.429. The van der Waals surface area contributed by atoms with Crippen LogP contribution in [0, 0.1) is 0 Å². The van der Waals surface area contributed by atoms with Gasteiger partial charge in [0.2, 0.25) is 5.91 Å². The SMILES string of the molecule is CCN(C(C)=O)C(C(=O)O)c1ccc(OC)c(OC)c1Cl. The molecule has 7 heteroatoms. The molecular weight excluding hydrogens is 298 g/mol. The zero-order valence-corrected chi connectivity index (χ0v) is 13.1. The number of hydrogen-bond acceptors (Lipinski definition) is 4. The van der Waals surface area contributed by atoms with Gasteiger partial charge in [0.15, 0.2) is 17.5 Å². The van der Waals surface area contributed by atoms with Gasteiger partial charge in [0, 0.05) is 19.0 Å². The van der Waals surface area contributed by atoms with Crippen molar-refractivity contribution in [1.29, 1.82) is 0 Å². The lowest BCUT2D eigenvalue weighted by atomic mass is 10.0. The molecule has 21 heavy (non-hydrogen) atoms. The number of nitrogens with zero attached hydrogens (tertiary/aromatic N) is 1. The Morgan fingerprint density at radius 2 is 1.95 bits per heavy atom. The van der Waals surface area contributed by atoms with Gasteiger partial charge in [0.25, 0.3) is 0 Å². The zero-order chi connectivity index (χ0) is 16.2. The molecule has 0 radical (unpaired) electrons. The van der Waals surface area contributed by atoms with Crippen LogP contribution in [-0.4, -0.2) is 42.6 Å². The summed E-state index contributed by atoms with van der Waals surface area (Å²) in [5.41, 5.74) is 0.277. The van der Waals surface area contributed by atoms with Crippen LogP contribution in [0.15, 0.2) is 12.1 Å². The fourth-order valence-corrected chi connectivity index (χ4v) is 2.47. The Hall–Kier alpha value is -1.95. The summed E-state index contributed by atoms with van der Waals surface area (Å²) < 4.78 is 10.3. The summed E-state index contributed by atoms with van der Waals surface area (Å²) in [5, 5.41) is 9.58. The maximum Gasteiger partial charge on any atom is 0.331 e. The molecule has 1 N–H and O–H groups in total. The van der Waals surface area contributed by atoms with Crippen molar-refractivity contribution in [2.45, 2.75) is 19.9 Å². The Balaban J connectivity index is 3.46. The lowest BCUT2D eigenvalue weighted by Crippen LogP contribution is -2.37. The maximum atomic E-state index is 11.6. The van der Waals surface area contributed by atoms with Crippen LogP contribution in [0.1, 0.15) is 25.5 Å². The number of ether oxygens (including phenoxy) is 2. The summed E-state index contributed by atoms with van der Waals surface area (Å²) in [6, 6.07) is 1.90. The molecular formula is C14H18ClNO5. The fourth-order valence-electron chi connectivity index (χ4n) is 2.14. The number of carboxylic acid groups (broad SMARTS) is 1. The van der Waals surface area contributed by atoms with E-state index >= 15 is 0 Å². The number of rotatable bonds is 6. The van der Waals surface area contributed by atoms with Gasteiger partial charge in [0.05, 0.1) is 19.2 Å². The first-order valence-corrected chi connectivity index (χ1v) is 6.67. The van der Waals surface area contributed by atoms with E-state index in [0.29, 0.717) is 5.75 Å². The predicted molar refractivity (Wildman–Crippen MR) is 78.0 cm³/mol. The number of hydrogen-bond donors (Lipinski definition) is 1. The van der Waals surface area contributed by atoms with Crippen molar-refractivity contribution in [3.05, 3.63) is 22.7 Å². The monoisotopic (exact) mass is 315 g/mol. The van der Waals surface area contributed by atoms with Gasteiger partial charge in [-0.15, -0.1) is 0 Å². The van der Waals surface area contributed by atoms with Crippen molar-refractivity contribution < 1.29 is 24.2 Å². The predicted octanol–water partition coefficient (Wildman–Crippen LogP) is 2.35. The van der Waals surface area contributed by atoms with E-state index in [-0.39, 0.29) is 28.8 Å². The molecule has 0 aromatic heterocycles. The Bertz CT molecular complexity index is 546. The highest BCUT2D eigenvalue weighted by Crippen LogP contribution is 2.41. The van der Waals surface area contributed by atoms with E-state index in [2.05, 4.69) is 0 Å². The number of benzene rings is 1. The van der Waals surface area contributed by atoms with Crippen molar-refractivity contribution in [2.75, 3.05) is 20.8 Å². The average Bonchev–Trinajstić information content (AvgIpc) is 2.44. The number of carbonyl (C=O) groups excluding carboxylic acids is 1. The van der Waals surface area contributed by atoms with Crippen LogP contribution in [0.25, 0.3) is 0 Å². The summed E-state index contributed by atoms with van der Waals surface area (Å²) in [4.78, 5) is 24.5. The third kappa shape index (κ3) is 3.39. The summed E-state index contributed by atoms with van der Waals surface area (Å²) >= 11 is 6.23. The molecule has 0 heterocycles. The second-order valence-electron chi connectivity index (χ2n) is 4.25. The largest absolute Gasteiger partial charge is 0.493 e. The van der Waals surface area contributed by atoms with E-state index in [1.807, 2.05) is 0 Å². The molecule has 0 fully saturated rings. The van der Waals surface area contributed by atoms with Gasteiger partial charge >= 0.3 is 5.97 Å². The molecule has 6 nitrogen and oxygen atoms in total. The lowest BCUT2D eigenvalue weighted by Gasteiger charge is -2.28. The van der Waals surface area contributed by atoms with Gasteiger partial charge in [0.1, 0.15) is 0 Å². The number of halogens is 1. The Morgan fingerprint density at radius 3 is 2.33 bits per heavy atom. The first-order valence-electron chi connectivity index (χ1n) is 6.29. The molecule has 0 saturated heterocycles. The van der Waals surface area contributed by atoms with Crippen molar-refractivity contribution in [2.24, 2.45) is 0 Å². The van der Waals surface area contributed by atoms with Gasteiger partial charge in [-0.3, -0.25) is 4.79 Å². The van der Waals surface area contributed by atoms with Crippen LogP contribution in [-0.2, 0) is 9.59 Å². The van der Waals surface area contributed by atoms with Crippen molar-refractivity contribution in [3.8, 4) is 11.5 Å². The third-order valence-electron chi connectivity index (χ3n) is 3.10. The lowest BCUT2D eigenvalue weighted by molar-refractivity contribution is -0.149. The van der Waals surface area contributed by atoms with Crippen LogP contribution in [0.5, 0.6) is 11.5 Å². The minimum Gasteiger partial charge on any atom is -0.493 e. The molecule has 0 aliphatic heterocycles. The van der Waals surface area contributed by atoms with E-state index < -0.39 is 12.0 Å². The highest BCUT2D eigenvalue weighted by molar-refractivity contribution is 6.33. The summed E-state index contributed by atoms with van der Waals surface area (Å²) in [6.45, 7) is 3.26. The van der Waals surface area contributed by atoms with Gasteiger partial charge in [-0.1, -0.05) is 17.7 Å². The molecule has 0 saturated carbocycles. The van der Waals surface area contributed by atoms with Crippen molar-refractivity contribution >= 4 is 23.5 Å². The van der Waals surface area contributed by atoms with Crippen LogP contribution >= 0.6 is 11.6 Å². The first-order chi connectivity index (χ1) is 9.88. The van der Waals surface area contributed by atoms with Gasteiger partial charge in [-0.25, -0.2) is 4.79 Å². The topological polar surface area (TPSA) is 76.1 Å². The molecule has 0 bridgehead atoms. The van der Waals surface area contributed by atoms with Crippen LogP contribution in [0.4, 0.5) is 0 Å². The number of amides is 1. The second kappa shape index (κ2) is 7.17. The molecule has 1 rings (SSSR count). The maximum absolute atomic E-state index is 11.6. The van der Waals surface area contributed by atoms with E-state index in [1.165, 1.54) is 32.1 Å². The van der Waals surface area contributed by atoms with Crippen molar-refractivity contribution in [3.63, 3.8) is 0 Å². The molecule has 1 unspecified atom stereocenters. The molecule has 1 aromatic rings. The van der Waals surface area contributed by atoms with Gasteiger partial charge in [-0.2, -0.15) is 0 Å². The molecule has 0 aliphatic rings. The average molecular weight is 316 g/mol. The third-order valence-corrected chi connectivity index (χ3v) is 3.49. The zero-order valence-electron chi connectivity index (χ0n) is 12.3. The molecule has 1 aromatic carbocycles. The quantitative estimate of drug-likeness (QED) is 0.872. The van der Waals surface area contributed by atoms with E-state index in [0.717, 1.165) is 0 Å². The van der Waals surface area contributed by atoms with Crippen LogP contribution < -0.4 is 9.47 Å². The minimum atomic E-state index is -1.18. The van der Waals surface area contributed by atoms with Crippen LogP contribution in [0.2, 0.25) is 5.02 Å². The van der Waals surface area contributed by atoms with Crippen LogP contribution in [0.3, 0.4) is 0 Å². The Morgan fingerprint density at radius 1 is 1.33 bits per heavy atom. The van der Waals surface area contributed by atoms with E-state index in [1.54, 1.807) is 13.0 Å². The van der Waals surface area contributed by atoms with E-state index in [9.17, 15) is 14.7 Å². The molecule has 1 amide bonds. The number of methoxy groups -OCH3 is 2. The van der Waals surface area contributed by atoms with Gasteiger partial charge < -0.3 is 19.5 Å². The Labute approximate surface area is 128 Å². The number of aliphatic carboxylic acids is 1. The molecule has 1 atom stereocenters. The number of likely N-dealkylation sites (N-methyl/N-ethyl adjacent to an activating group) is 1. The standard InChI is InChI=1S/C14H18ClNO5/c1-5-16(8(2)17)12(14(18)19)9-6-7-10(20-3)13(21-4)11(9)15/h6-7,12H,5H2,1-4H3,(H,18,19). The highest BCUT2D eigenvalue weighted by atomic mass is 35.5. The number of carboxylic acids is 1. The molecule has 116 valence electrons. The normalized spacial score (nSPS) is 11.7. The smallest absolute Gasteiger partial charge is 0.331 e. The summed E-state index contributed by atoms with van der Waals surface area (Å²) in [5.74, 6) is -0.888. The summed E-state index contributed by atoms with van der Waals surface area (Å²) in [6.07, 6.45) is 0. The Kier molecular flexibility index (Phi) is 5.84. The molecule has 0 aliphatic carbocycles. The highest BCUT2D eigenvalue weighted by Gasteiger charge is 2.32. The summed E-state index contributed by atoms with van der Waals surface area (Å²) in [7, 11) is 2.86. The van der Waals surface area contributed by atoms with Crippen molar-refractivity contribution in [1.82, 2.24) is 4.90 Å². The minimum absolute atomic E-state index is 0.115.